The van der Waals surface area contributed by atoms with Crippen molar-refractivity contribution in [1.29, 1.82) is 0 Å². The van der Waals surface area contributed by atoms with Crippen molar-refractivity contribution in [1.82, 2.24) is 5.32 Å². The topological polar surface area (TPSA) is 86.6 Å². The first-order valence-electron chi connectivity index (χ1n) is 4.17. The third-order valence-corrected chi connectivity index (χ3v) is 2.64. The molecule has 6 heteroatoms. The summed E-state index contributed by atoms with van der Waals surface area (Å²) in [4.78, 5) is 21.7. The van der Waals surface area contributed by atoms with Crippen molar-refractivity contribution >= 4 is 24.6 Å². The summed E-state index contributed by atoms with van der Waals surface area (Å²) in [5.74, 6) is -2.38. The molecule has 81 valence electrons. The average molecular weight is 228 g/mol. The van der Waals surface area contributed by atoms with E-state index in [-0.39, 0.29) is 11.1 Å². The summed E-state index contributed by atoms with van der Waals surface area (Å²) >= 11 is 4.92. The van der Waals surface area contributed by atoms with Crippen molar-refractivity contribution in [3.05, 3.63) is 22.5 Å². The molecule has 0 saturated heterocycles. The number of rotatable bonds is 2. The number of dihydropyridines is 1. The SMILES string of the molecule is CC1=C(C(=O)O)C([S])C(C(=O)O)=C(C)N1. The molecule has 15 heavy (non-hydrogen) atoms. The summed E-state index contributed by atoms with van der Waals surface area (Å²) < 4.78 is 0. The number of hydrogen-bond donors (Lipinski definition) is 3. The summed E-state index contributed by atoms with van der Waals surface area (Å²) in [5, 5.41) is 19.5. The lowest BCUT2D eigenvalue weighted by Crippen LogP contribution is -2.32. The smallest absolute Gasteiger partial charge is 0.334 e. The molecule has 0 aromatic carbocycles. The van der Waals surface area contributed by atoms with Gasteiger partial charge < -0.3 is 15.5 Å². The Kier molecular flexibility index (Phi) is 3.09. The Bertz CT molecular complexity index is 361. The first-order chi connectivity index (χ1) is 6.86. The van der Waals surface area contributed by atoms with Crippen LogP contribution in [0.4, 0.5) is 0 Å². The molecule has 0 aromatic heterocycles. The van der Waals surface area contributed by atoms with Crippen LogP contribution in [0.3, 0.4) is 0 Å². The molecule has 5 nitrogen and oxygen atoms in total. The third kappa shape index (κ3) is 1.99. The second kappa shape index (κ2) is 3.98. The maximum Gasteiger partial charge on any atom is 0.334 e. The number of nitrogens with one attached hydrogen (secondary N) is 1. The van der Waals surface area contributed by atoms with Gasteiger partial charge in [0.1, 0.15) is 0 Å². The Hall–Kier alpha value is -1.43. The second-order valence-corrected chi connectivity index (χ2v) is 3.66. The first kappa shape index (κ1) is 11.6. The van der Waals surface area contributed by atoms with Gasteiger partial charge in [-0.2, -0.15) is 0 Å². The highest BCUT2D eigenvalue weighted by molar-refractivity contribution is 7.81. The fraction of sp³-hybridized carbons (Fsp3) is 0.333. The molecule has 0 unspecified atom stereocenters. The third-order valence-electron chi connectivity index (χ3n) is 2.17. The molecular weight excluding hydrogens is 218 g/mol. The van der Waals surface area contributed by atoms with Gasteiger partial charge in [-0.15, -0.1) is 0 Å². The molecule has 0 bridgehead atoms. The van der Waals surface area contributed by atoms with Gasteiger partial charge in [-0.05, 0) is 13.8 Å². The quantitative estimate of drug-likeness (QED) is 0.653. The number of aliphatic carboxylic acids is 2. The normalized spacial score (nSPS) is 17.8. The molecule has 1 radical (unpaired) electrons. The van der Waals surface area contributed by atoms with Crippen LogP contribution in [0.25, 0.3) is 0 Å². The zero-order valence-electron chi connectivity index (χ0n) is 8.20. The van der Waals surface area contributed by atoms with E-state index in [4.69, 9.17) is 22.8 Å². The lowest BCUT2D eigenvalue weighted by atomic mass is 9.97. The molecule has 0 amide bonds. The van der Waals surface area contributed by atoms with Gasteiger partial charge in [-0.25, -0.2) is 9.59 Å². The maximum atomic E-state index is 10.9. The second-order valence-electron chi connectivity index (χ2n) is 3.19. The van der Waals surface area contributed by atoms with Gasteiger partial charge in [0.15, 0.2) is 0 Å². The minimum absolute atomic E-state index is 0.0759. The van der Waals surface area contributed by atoms with Crippen molar-refractivity contribution in [2.45, 2.75) is 19.1 Å². The molecule has 0 atom stereocenters. The molecule has 0 aliphatic carbocycles. The highest BCUT2D eigenvalue weighted by atomic mass is 32.1. The van der Waals surface area contributed by atoms with Gasteiger partial charge in [-0.1, -0.05) is 12.6 Å². The fourth-order valence-corrected chi connectivity index (χ4v) is 2.05. The first-order valence-corrected chi connectivity index (χ1v) is 4.64. The molecule has 0 spiro atoms. The van der Waals surface area contributed by atoms with Crippen LogP contribution in [0.5, 0.6) is 0 Å². The number of allylic oxidation sites excluding steroid dienone is 2. The number of hydrogen-bond acceptors (Lipinski definition) is 3. The Labute approximate surface area is 91.9 Å². The van der Waals surface area contributed by atoms with Gasteiger partial charge in [0.2, 0.25) is 0 Å². The van der Waals surface area contributed by atoms with Crippen molar-refractivity contribution in [3.63, 3.8) is 0 Å². The molecule has 3 N–H and O–H groups in total. The molecule has 1 rings (SSSR count). The predicted molar refractivity (Wildman–Crippen MR) is 55.2 cm³/mol. The van der Waals surface area contributed by atoms with E-state index in [1.54, 1.807) is 13.8 Å². The summed E-state index contributed by atoms with van der Waals surface area (Å²) in [6.45, 7) is 3.12. The lowest BCUT2D eigenvalue weighted by molar-refractivity contribution is -0.133. The van der Waals surface area contributed by atoms with E-state index in [1.165, 1.54) is 0 Å². The van der Waals surface area contributed by atoms with Crippen LogP contribution < -0.4 is 5.32 Å². The van der Waals surface area contributed by atoms with E-state index in [0.29, 0.717) is 11.4 Å². The van der Waals surface area contributed by atoms with E-state index < -0.39 is 17.2 Å². The molecule has 1 aliphatic heterocycles. The predicted octanol–water partition coefficient (Wildman–Crippen LogP) is 0.873. The van der Waals surface area contributed by atoms with E-state index >= 15 is 0 Å². The summed E-state index contributed by atoms with van der Waals surface area (Å²) in [6, 6.07) is 0. The van der Waals surface area contributed by atoms with Crippen molar-refractivity contribution in [3.8, 4) is 0 Å². The number of carboxylic acid groups (broad SMARTS) is 2. The molecule has 0 fully saturated rings. The van der Waals surface area contributed by atoms with Gasteiger partial charge in [-0.3, -0.25) is 0 Å². The van der Waals surface area contributed by atoms with Crippen LogP contribution >= 0.6 is 12.6 Å². The van der Waals surface area contributed by atoms with Crippen LogP contribution in [-0.2, 0) is 9.59 Å². The van der Waals surface area contributed by atoms with E-state index in [1.807, 2.05) is 0 Å². The zero-order chi connectivity index (χ0) is 11.7. The van der Waals surface area contributed by atoms with Gasteiger partial charge >= 0.3 is 11.9 Å². The van der Waals surface area contributed by atoms with Crippen LogP contribution in [0.15, 0.2) is 22.5 Å². The minimum atomic E-state index is -1.19. The lowest BCUT2D eigenvalue weighted by Gasteiger charge is -2.24. The largest absolute Gasteiger partial charge is 0.478 e. The van der Waals surface area contributed by atoms with Crippen molar-refractivity contribution in [2.75, 3.05) is 0 Å². The van der Waals surface area contributed by atoms with Crippen molar-refractivity contribution in [2.24, 2.45) is 0 Å². The highest BCUT2D eigenvalue weighted by Gasteiger charge is 2.33. The maximum absolute atomic E-state index is 10.9. The summed E-state index contributed by atoms with van der Waals surface area (Å²) in [6.07, 6.45) is 0. The van der Waals surface area contributed by atoms with Crippen molar-refractivity contribution < 1.29 is 19.8 Å². The molecule has 0 aromatic rings. The van der Waals surface area contributed by atoms with Crippen LogP contribution in [0.2, 0.25) is 0 Å². The zero-order valence-corrected chi connectivity index (χ0v) is 9.01. The van der Waals surface area contributed by atoms with E-state index in [0.717, 1.165) is 0 Å². The highest BCUT2D eigenvalue weighted by Crippen LogP contribution is 2.27. The molecule has 0 saturated carbocycles. The average Bonchev–Trinajstić information content (AvgIpc) is 1.99. The molecule has 1 heterocycles. The van der Waals surface area contributed by atoms with Crippen LogP contribution in [0, 0.1) is 0 Å². The van der Waals surface area contributed by atoms with Gasteiger partial charge in [0.25, 0.3) is 0 Å². The van der Waals surface area contributed by atoms with E-state index in [2.05, 4.69) is 5.32 Å². The summed E-state index contributed by atoms with van der Waals surface area (Å²) in [7, 11) is 0. The fourth-order valence-electron chi connectivity index (χ4n) is 1.50. The standard InChI is InChI=1S/C9H10NO4S/c1-3-5(8(11)12)7(15)6(9(13)14)4(2)10-3/h7,10H,1-2H3,(H,11,12)(H,13,14). The van der Waals surface area contributed by atoms with Gasteiger partial charge in [0, 0.05) is 11.4 Å². The number of carboxylic acids is 2. The Morgan fingerprint density at radius 1 is 1.13 bits per heavy atom. The Morgan fingerprint density at radius 3 is 1.73 bits per heavy atom. The minimum Gasteiger partial charge on any atom is -0.478 e. The Balaban J connectivity index is 3.22. The van der Waals surface area contributed by atoms with Gasteiger partial charge in [0.05, 0.1) is 16.4 Å². The molecule has 1 aliphatic rings. The monoisotopic (exact) mass is 228 g/mol. The van der Waals surface area contributed by atoms with E-state index in [9.17, 15) is 9.59 Å². The van der Waals surface area contributed by atoms with Crippen LogP contribution in [-0.4, -0.2) is 27.4 Å². The summed E-state index contributed by atoms with van der Waals surface area (Å²) in [5.41, 5.74) is 0.635. The van der Waals surface area contributed by atoms with Crippen LogP contribution in [0.1, 0.15) is 13.8 Å². The number of carbonyl (C=O) groups is 2. The molecular formula is C9H10NO4S. The Morgan fingerprint density at radius 2 is 1.47 bits per heavy atom.